The highest BCUT2D eigenvalue weighted by molar-refractivity contribution is 5.80. The second kappa shape index (κ2) is 7.89. The molecule has 0 saturated heterocycles. The van der Waals surface area contributed by atoms with Crippen LogP contribution in [0.3, 0.4) is 0 Å². The number of methoxy groups -OCH3 is 1. The number of aromatic nitrogens is 2. The molecule has 1 aromatic rings. The molecule has 0 aromatic carbocycles. The number of hydrogen-bond acceptors (Lipinski definition) is 3. The van der Waals surface area contributed by atoms with Crippen molar-refractivity contribution in [3.8, 4) is 0 Å². The summed E-state index contributed by atoms with van der Waals surface area (Å²) < 4.78 is 7.03. The summed E-state index contributed by atoms with van der Waals surface area (Å²) in [5, 5.41) is 11.0. The number of ether oxygens (including phenoxy) is 1. The minimum Gasteiger partial charge on any atom is -0.383 e. The van der Waals surface area contributed by atoms with E-state index in [2.05, 4.69) is 41.5 Å². The van der Waals surface area contributed by atoms with Crippen LogP contribution in [-0.4, -0.2) is 42.0 Å². The molecule has 1 heterocycles. The second-order valence-electron chi connectivity index (χ2n) is 4.97. The molecule has 0 amide bonds. The second-order valence-corrected chi connectivity index (χ2v) is 4.97. The van der Waals surface area contributed by atoms with E-state index in [1.165, 1.54) is 5.56 Å². The van der Waals surface area contributed by atoms with Crippen molar-refractivity contribution in [2.45, 2.75) is 40.3 Å². The van der Waals surface area contributed by atoms with Gasteiger partial charge < -0.3 is 15.4 Å². The molecule has 0 spiro atoms. The van der Waals surface area contributed by atoms with E-state index in [1.807, 2.05) is 18.7 Å². The summed E-state index contributed by atoms with van der Waals surface area (Å²) in [7, 11) is 3.66. The fraction of sp³-hybridized carbons (Fsp3) is 0.714. The molecular formula is C14H27N5O. The maximum atomic E-state index is 5.13. The Labute approximate surface area is 121 Å². The molecule has 0 radical (unpaired) electrons. The van der Waals surface area contributed by atoms with E-state index < -0.39 is 0 Å². The predicted octanol–water partition coefficient (Wildman–Crippen LogP) is 1.13. The summed E-state index contributed by atoms with van der Waals surface area (Å²) in [5.74, 6) is 0.805. The normalized spacial score (nSPS) is 13.4. The van der Waals surface area contributed by atoms with Gasteiger partial charge in [0.15, 0.2) is 5.96 Å². The van der Waals surface area contributed by atoms with Gasteiger partial charge in [0.2, 0.25) is 0 Å². The zero-order chi connectivity index (χ0) is 15.1. The maximum Gasteiger partial charge on any atom is 0.191 e. The molecule has 114 valence electrons. The lowest BCUT2D eigenvalue weighted by molar-refractivity contribution is 0.179. The molecule has 1 rings (SSSR count). The Morgan fingerprint density at radius 3 is 2.65 bits per heavy atom. The van der Waals surface area contributed by atoms with Crippen LogP contribution in [0.1, 0.15) is 30.8 Å². The summed E-state index contributed by atoms with van der Waals surface area (Å²) in [6.45, 7) is 10.3. The lowest BCUT2D eigenvalue weighted by Gasteiger charge is -2.17. The van der Waals surface area contributed by atoms with Crippen molar-refractivity contribution in [1.29, 1.82) is 0 Å². The first-order valence-electron chi connectivity index (χ1n) is 7.02. The molecule has 0 fully saturated rings. The molecule has 0 saturated carbocycles. The molecule has 0 aliphatic heterocycles. The highest BCUT2D eigenvalue weighted by Crippen LogP contribution is 2.12. The minimum absolute atomic E-state index is 0.217. The van der Waals surface area contributed by atoms with Gasteiger partial charge in [0, 0.05) is 38.0 Å². The van der Waals surface area contributed by atoms with E-state index >= 15 is 0 Å². The zero-order valence-corrected chi connectivity index (χ0v) is 13.4. The van der Waals surface area contributed by atoms with Crippen LogP contribution in [0.25, 0.3) is 0 Å². The third-order valence-corrected chi connectivity index (χ3v) is 3.20. The van der Waals surface area contributed by atoms with Crippen molar-refractivity contribution in [1.82, 2.24) is 20.4 Å². The Bertz CT molecular complexity index is 453. The van der Waals surface area contributed by atoms with Gasteiger partial charge in [-0.2, -0.15) is 5.10 Å². The number of aliphatic imine (C=N–C) groups is 1. The summed E-state index contributed by atoms with van der Waals surface area (Å²) >= 11 is 0. The highest BCUT2D eigenvalue weighted by Gasteiger charge is 2.09. The van der Waals surface area contributed by atoms with Gasteiger partial charge in [-0.25, -0.2) is 4.99 Å². The Balaban J connectivity index is 2.76. The fourth-order valence-electron chi connectivity index (χ4n) is 2.05. The van der Waals surface area contributed by atoms with E-state index in [0.717, 1.165) is 23.9 Å². The first kappa shape index (κ1) is 16.5. The molecule has 0 aliphatic rings. The summed E-state index contributed by atoms with van der Waals surface area (Å²) in [4.78, 5) is 4.63. The monoisotopic (exact) mass is 281 g/mol. The molecule has 20 heavy (non-hydrogen) atoms. The molecule has 1 aromatic heterocycles. The summed E-state index contributed by atoms with van der Waals surface area (Å²) in [6.07, 6.45) is 0. The number of hydrogen-bond donors (Lipinski definition) is 2. The molecule has 6 heteroatoms. The Morgan fingerprint density at radius 2 is 2.15 bits per heavy atom. The smallest absolute Gasteiger partial charge is 0.191 e. The van der Waals surface area contributed by atoms with Gasteiger partial charge in [-0.15, -0.1) is 0 Å². The Hall–Kier alpha value is -1.56. The highest BCUT2D eigenvalue weighted by atomic mass is 16.5. The lowest BCUT2D eigenvalue weighted by Crippen LogP contribution is -2.43. The van der Waals surface area contributed by atoms with Crippen LogP contribution in [0.2, 0.25) is 0 Å². The van der Waals surface area contributed by atoms with Gasteiger partial charge in [0.1, 0.15) is 0 Å². The fourth-order valence-corrected chi connectivity index (χ4v) is 2.05. The van der Waals surface area contributed by atoms with Crippen LogP contribution in [0.5, 0.6) is 0 Å². The molecule has 1 unspecified atom stereocenters. The minimum atomic E-state index is 0.217. The third kappa shape index (κ3) is 4.52. The molecule has 1 atom stereocenters. The van der Waals surface area contributed by atoms with Gasteiger partial charge in [-0.05, 0) is 27.7 Å². The van der Waals surface area contributed by atoms with Crippen molar-refractivity contribution < 1.29 is 4.74 Å². The average Bonchev–Trinajstić information content (AvgIpc) is 2.61. The molecule has 0 bridgehead atoms. The number of rotatable bonds is 6. The summed E-state index contributed by atoms with van der Waals surface area (Å²) in [5.41, 5.74) is 3.38. The molecule has 0 aliphatic carbocycles. The summed E-state index contributed by atoms with van der Waals surface area (Å²) in [6, 6.07) is 0.217. The Morgan fingerprint density at radius 1 is 1.45 bits per heavy atom. The quantitative estimate of drug-likeness (QED) is 0.606. The molecular weight excluding hydrogens is 254 g/mol. The van der Waals surface area contributed by atoms with Crippen molar-refractivity contribution in [3.63, 3.8) is 0 Å². The topological polar surface area (TPSA) is 63.5 Å². The van der Waals surface area contributed by atoms with Crippen LogP contribution in [-0.2, 0) is 18.3 Å². The van der Waals surface area contributed by atoms with Crippen molar-refractivity contribution in [2.75, 3.05) is 20.3 Å². The van der Waals surface area contributed by atoms with Gasteiger partial charge >= 0.3 is 0 Å². The first-order chi connectivity index (χ1) is 9.49. The van der Waals surface area contributed by atoms with Crippen LogP contribution >= 0.6 is 0 Å². The first-order valence-corrected chi connectivity index (χ1v) is 7.02. The Kier molecular flexibility index (Phi) is 6.51. The van der Waals surface area contributed by atoms with E-state index in [9.17, 15) is 0 Å². The van der Waals surface area contributed by atoms with Crippen molar-refractivity contribution in [2.24, 2.45) is 12.0 Å². The van der Waals surface area contributed by atoms with E-state index in [0.29, 0.717) is 13.2 Å². The average molecular weight is 281 g/mol. The van der Waals surface area contributed by atoms with E-state index in [4.69, 9.17) is 4.74 Å². The van der Waals surface area contributed by atoms with E-state index in [-0.39, 0.29) is 6.04 Å². The van der Waals surface area contributed by atoms with Gasteiger partial charge in [0.05, 0.1) is 18.8 Å². The third-order valence-electron chi connectivity index (χ3n) is 3.20. The van der Waals surface area contributed by atoms with Gasteiger partial charge in [-0.1, -0.05) is 0 Å². The van der Waals surface area contributed by atoms with Gasteiger partial charge in [-0.3, -0.25) is 4.68 Å². The van der Waals surface area contributed by atoms with Crippen molar-refractivity contribution in [3.05, 3.63) is 17.0 Å². The molecule has 2 N–H and O–H groups in total. The maximum absolute atomic E-state index is 5.13. The zero-order valence-electron chi connectivity index (χ0n) is 13.4. The number of aryl methyl sites for hydroxylation is 2. The number of nitrogens with one attached hydrogen (secondary N) is 2. The lowest BCUT2D eigenvalue weighted by atomic mass is 10.2. The largest absolute Gasteiger partial charge is 0.383 e. The van der Waals surface area contributed by atoms with Crippen LogP contribution in [0.4, 0.5) is 0 Å². The SMILES string of the molecule is CCNC(=NCc1c(C)nn(C)c1C)NC(C)COC. The van der Waals surface area contributed by atoms with Gasteiger partial charge in [0.25, 0.3) is 0 Å². The van der Waals surface area contributed by atoms with Crippen LogP contribution < -0.4 is 10.6 Å². The number of nitrogens with zero attached hydrogens (tertiary/aromatic N) is 3. The predicted molar refractivity (Wildman–Crippen MR) is 82.0 cm³/mol. The van der Waals surface area contributed by atoms with Crippen LogP contribution in [0, 0.1) is 13.8 Å². The van der Waals surface area contributed by atoms with Crippen LogP contribution in [0.15, 0.2) is 4.99 Å². The molecule has 6 nitrogen and oxygen atoms in total. The van der Waals surface area contributed by atoms with Crippen molar-refractivity contribution >= 4 is 5.96 Å². The van der Waals surface area contributed by atoms with E-state index in [1.54, 1.807) is 7.11 Å². The number of guanidine groups is 1. The standard InChI is InChI=1S/C14H27N5O/c1-7-15-14(17-10(2)9-20-6)16-8-13-11(3)18-19(5)12(13)4/h10H,7-9H2,1-6H3,(H2,15,16,17).